The van der Waals surface area contributed by atoms with E-state index in [9.17, 15) is 14.0 Å². The SMILES string of the molecule is NC(=O)c1ccc(F)c(COC(=O)c2cccc(N)c2)c1. The van der Waals surface area contributed by atoms with Crippen LogP contribution in [0.1, 0.15) is 26.3 Å². The molecule has 0 radical (unpaired) electrons. The molecule has 0 aliphatic heterocycles. The van der Waals surface area contributed by atoms with Gasteiger partial charge in [0.25, 0.3) is 0 Å². The van der Waals surface area contributed by atoms with Gasteiger partial charge in [-0.05, 0) is 36.4 Å². The molecule has 6 heteroatoms. The first-order valence-electron chi connectivity index (χ1n) is 6.08. The number of amides is 1. The Morgan fingerprint density at radius 1 is 1.10 bits per heavy atom. The van der Waals surface area contributed by atoms with Crippen LogP contribution in [0.4, 0.5) is 10.1 Å². The Morgan fingerprint density at radius 2 is 1.86 bits per heavy atom. The second-order valence-electron chi connectivity index (χ2n) is 4.37. The van der Waals surface area contributed by atoms with E-state index in [1.807, 2.05) is 0 Å². The predicted octanol–water partition coefficient (Wildman–Crippen LogP) is 1.86. The van der Waals surface area contributed by atoms with Crippen LogP contribution < -0.4 is 11.5 Å². The maximum absolute atomic E-state index is 13.6. The third kappa shape index (κ3) is 3.56. The van der Waals surface area contributed by atoms with Gasteiger partial charge >= 0.3 is 5.97 Å². The Labute approximate surface area is 120 Å². The third-order valence-electron chi connectivity index (χ3n) is 2.81. The van der Waals surface area contributed by atoms with E-state index in [0.29, 0.717) is 5.69 Å². The summed E-state index contributed by atoms with van der Waals surface area (Å²) < 4.78 is 18.6. The zero-order valence-corrected chi connectivity index (χ0v) is 11.0. The normalized spacial score (nSPS) is 10.1. The third-order valence-corrected chi connectivity index (χ3v) is 2.81. The van der Waals surface area contributed by atoms with Crippen molar-refractivity contribution in [3.05, 3.63) is 65.0 Å². The van der Waals surface area contributed by atoms with Crippen molar-refractivity contribution < 1.29 is 18.7 Å². The molecule has 0 unspecified atom stereocenters. The summed E-state index contributed by atoms with van der Waals surface area (Å²) in [6, 6.07) is 9.86. The molecule has 0 saturated heterocycles. The van der Waals surface area contributed by atoms with Crippen molar-refractivity contribution in [3.63, 3.8) is 0 Å². The average Bonchev–Trinajstić information content (AvgIpc) is 2.45. The van der Waals surface area contributed by atoms with E-state index >= 15 is 0 Å². The summed E-state index contributed by atoms with van der Waals surface area (Å²) in [5, 5.41) is 0. The van der Waals surface area contributed by atoms with E-state index in [0.717, 1.165) is 6.07 Å². The fourth-order valence-corrected chi connectivity index (χ4v) is 1.73. The van der Waals surface area contributed by atoms with Crippen molar-refractivity contribution in [1.82, 2.24) is 0 Å². The van der Waals surface area contributed by atoms with Gasteiger partial charge in [-0.2, -0.15) is 0 Å². The molecule has 0 aliphatic carbocycles. The van der Waals surface area contributed by atoms with E-state index < -0.39 is 17.7 Å². The van der Waals surface area contributed by atoms with E-state index in [2.05, 4.69) is 0 Å². The lowest BCUT2D eigenvalue weighted by Gasteiger charge is -2.07. The summed E-state index contributed by atoms with van der Waals surface area (Å²) in [7, 11) is 0. The Bertz CT molecular complexity index is 701. The minimum atomic E-state index is -0.682. The summed E-state index contributed by atoms with van der Waals surface area (Å²) in [5.41, 5.74) is 11.6. The van der Waals surface area contributed by atoms with Crippen LogP contribution in [0.15, 0.2) is 42.5 Å². The van der Waals surface area contributed by atoms with Gasteiger partial charge in [0, 0.05) is 16.8 Å². The highest BCUT2D eigenvalue weighted by Gasteiger charge is 2.11. The van der Waals surface area contributed by atoms with Crippen LogP contribution >= 0.6 is 0 Å². The zero-order valence-electron chi connectivity index (χ0n) is 11.0. The molecule has 4 N–H and O–H groups in total. The number of ether oxygens (including phenoxy) is 1. The Kier molecular flexibility index (Phi) is 4.18. The number of primary amides is 1. The molecular formula is C15H13FN2O3. The number of nitrogen functional groups attached to an aromatic ring is 1. The molecule has 0 aliphatic rings. The summed E-state index contributed by atoms with van der Waals surface area (Å²) in [6.45, 7) is -0.305. The summed E-state index contributed by atoms with van der Waals surface area (Å²) in [4.78, 5) is 22.8. The molecule has 2 aromatic carbocycles. The zero-order chi connectivity index (χ0) is 15.4. The van der Waals surface area contributed by atoms with Gasteiger partial charge in [0.1, 0.15) is 12.4 Å². The van der Waals surface area contributed by atoms with E-state index in [-0.39, 0.29) is 23.3 Å². The quantitative estimate of drug-likeness (QED) is 0.663. The van der Waals surface area contributed by atoms with Gasteiger partial charge in [0.15, 0.2) is 0 Å². The molecule has 0 aromatic heterocycles. The number of rotatable bonds is 4. The minimum absolute atomic E-state index is 0.0727. The van der Waals surface area contributed by atoms with Gasteiger partial charge in [0.05, 0.1) is 5.56 Å². The van der Waals surface area contributed by atoms with E-state index in [1.165, 1.54) is 24.3 Å². The number of hydrogen-bond donors (Lipinski definition) is 2. The highest BCUT2D eigenvalue weighted by atomic mass is 19.1. The van der Waals surface area contributed by atoms with Gasteiger partial charge in [-0.1, -0.05) is 6.07 Å². The predicted molar refractivity (Wildman–Crippen MR) is 74.9 cm³/mol. The summed E-state index contributed by atoms with van der Waals surface area (Å²) >= 11 is 0. The van der Waals surface area contributed by atoms with Crippen LogP contribution in [0.3, 0.4) is 0 Å². The van der Waals surface area contributed by atoms with Crippen LogP contribution in [-0.4, -0.2) is 11.9 Å². The second-order valence-corrected chi connectivity index (χ2v) is 4.37. The smallest absolute Gasteiger partial charge is 0.338 e. The molecule has 108 valence electrons. The molecule has 21 heavy (non-hydrogen) atoms. The van der Waals surface area contributed by atoms with Gasteiger partial charge in [-0.25, -0.2) is 9.18 Å². The molecule has 2 aromatic rings. The fourth-order valence-electron chi connectivity index (χ4n) is 1.73. The second kappa shape index (κ2) is 6.04. The van der Waals surface area contributed by atoms with Crippen LogP contribution in [0.25, 0.3) is 0 Å². The Balaban J connectivity index is 2.11. The minimum Gasteiger partial charge on any atom is -0.457 e. The number of esters is 1. The first-order valence-corrected chi connectivity index (χ1v) is 6.08. The van der Waals surface area contributed by atoms with E-state index in [4.69, 9.17) is 16.2 Å². The van der Waals surface area contributed by atoms with Gasteiger partial charge < -0.3 is 16.2 Å². The Morgan fingerprint density at radius 3 is 2.52 bits per heavy atom. The lowest BCUT2D eigenvalue weighted by molar-refractivity contribution is 0.0469. The molecular weight excluding hydrogens is 275 g/mol. The molecule has 5 nitrogen and oxygen atoms in total. The number of benzene rings is 2. The molecule has 0 bridgehead atoms. The van der Waals surface area contributed by atoms with Crippen molar-refractivity contribution in [1.29, 1.82) is 0 Å². The van der Waals surface area contributed by atoms with Crippen molar-refractivity contribution in [2.45, 2.75) is 6.61 Å². The number of hydrogen-bond acceptors (Lipinski definition) is 4. The Hall–Kier alpha value is -2.89. The monoisotopic (exact) mass is 288 g/mol. The fraction of sp³-hybridized carbons (Fsp3) is 0.0667. The highest BCUT2D eigenvalue weighted by Crippen LogP contribution is 2.14. The van der Waals surface area contributed by atoms with Crippen LogP contribution in [0, 0.1) is 5.82 Å². The molecule has 0 heterocycles. The van der Waals surface area contributed by atoms with Crippen LogP contribution in [-0.2, 0) is 11.3 Å². The lowest BCUT2D eigenvalue weighted by atomic mass is 10.1. The largest absolute Gasteiger partial charge is 0.457 e. The first kappa shape index (κ1) is 14.5. The maximum atomic E-state index is 13.6. The topological polar surface area (TPSA) is 95.4 Å². The van der Waals surface area contributed by atoms with Crippen molar-refractivity contribution >= 4 is 17.6 Å². The maximum Gasteiger partial charge on any atom is 0.338 e. The average molecular weight is 288 g/mol. The molecule has 0 saturated carbocycles. The molecule has 0 atom stereocenters. The number of halogens is 1. The highest BCUT2D eigenvalue weighted by molar-refractivity contribution is 5.93. The van der Waals surface area contributed by atoms with Gasteiger partial charge in [0.2, 0.25) is 5.91 Å². The number of anilines is 1. The van der Waals surface area contributed by atoms with Gasteiger partial charge in [-0.15, -0.1) is 0 Å². The molecule has 0 fully saturated rings. The number of nitrogens with two attached hydrogens (primary N) is 2. The van der Waals surface area contributed by atoms with Crippen molar-refractivity contribution in [3.8, 4) is 0 Å². The first-order chi connectivity index (χ1) is 9.97. The van der Waals surface area contributed by atoms with Gasteiger partial charge in [-0.3, -0.25) is 4.79 Å². The van der Waals surface area contributed by atoms with Crippen molar-refractivity contribution in [2.24, 2.45) is 5.73 Å². The molecule has 0 spiro atoms. The van der Waals surface area contributed by atoms with E-state index in [1.54, 1.807) is 12.1 Å². The molecule has 1 amide bonds. The van der Waals surface area contributed by atoms with Crippen LogP contribution in [0.5, 0.6) is 0 Å². The summed E-state index contributed by atoms with van der Waals surface area (Å²) in [5.74, 6) is -1.90. The lowest BCUT2D eigenvalue weighted by Crippen LogP contribution is -2.12. The van der Waals surface area contributed by atoms with Crippen molar-refractivity contribution in [2.75, 3.05) is 5.73 Å². The van der Waals surface area contributed by atoms with Crippen LogP contribution in [0.2, 0.25) is 0 Å². The summed E-state index contributed by atoms with van der Waals surface area (Å²) in [6.07, 6.45) is 0. The number of carbonyl (C=O) groups excluding carboxylic acids is 2. The number of carbonyl (C=O) groups is 2. The standard InChI is InChI=1S/C15H13FN2O3/c16-13-5-4-9(14(18)19)6-11(13)8-21-15(20)10-2-1-3-12(17)7-10/h1-7H,8,17H2,(H2,18,19). The molecule has 2 rings (SSSR count).